The van der Waals surface area contributed by atoms with Gasteiger partial charge in [-0.15, -0.1) is 0 Å². The van der Waals surface area contributed by atoms with Gasteiger partial charge in [0.25, 0.3) is 0 Å². The molecule has 184 valence electrons. The fraction of sp³-hybridized carbons (Fsp3) is 0.321. The van der Waals surface area contributed by atoms with Gasteiger partial charge in [-0.25, -0.2) is 0 Å². The first-order valence-electron chi connectivity index (χ1n) is 11.6. The van der Waals surface area contributed by atoms with Gasteiger partial charge in [0.2, 0.25) is 5.91 Å². The standard InChI is InChI=1S/C28H31ClN2O4/c1-30(2)22-10-12-23(13-11-22)31-27(32)17-20-16-25(34-4)26(35-15-5-14-33-3)18-24(20)28(31)19-6-8-21(29)9-7-19/h6-13,16,18,28H,5,14-15,17H2,1-4H3. The molecular formula is C28H31ClN2O4. The second-order valence-electron chi connectivity index (χ2n) is 8.70. The number of carbonyl (C=O) groups is 1. The van der Waals surface area contributed by atoms with Crippen LogP contribution in [0.1, 0.15) is 29.2 Å². The van der Waals surface area contributed by atoms with E-state index in [1.165, 1.54) is 0 Å². The van der Waals surface area contributed by atoms with Crippen molar-refractivity contribution in [1.82, 2.24) is 0 Å². The van der Waals surface area contributed by atoms with Crippen molar-refractivity contribution in [1.29, 1.82) is 0 Å². The number of methoxy groups -OCH3 is 2. The Balaban J connectivity index is 1.81. The molecule has 0 aromatic heterocycles. The van der Waals surface area contributed by atoms with Gasteiger partial charge in [0.1, 0.15) is 0 Å². The van der Waals surface area contributed by atoms with Crippen LogP contribution < -0.4 is 19.3 Å². The van der Waals surface area contributed by atoms with Crippen molar-refractivity contribution in [3.05, 3.63) is 82.4 Å². The zero-order valence-corrected chi connectivity index (χ0v) is 21.3. The summed E-state index contributed by atoms with van der Waals surface area (Å²) in [6.45, 7) is 1.12. The van der Waals surface area contributed by atoms with Crippen LogP contribution in [-0.4, -0.2) is 47.4 Å². The van der Waals surface area contributed by atoms with Gasteiger partial charge in [0.05, 0.1) is 26.2 Å². The number of fused-ring (bicyclic) bond motifs is 1. The molecule has 1 atom stereocenters. The number of hydrogen-bond acceptors (Lipinski definition) is 5. The lowest BCUT2D eigenvalue weighted by atomic mass is 9.87. The molecule has 0 N–H and O–H groups in total. The quantitative estimate of drug-likeness (QED) is 0.367. The summed E-state index contributed by atoms with van der Waals surface area (Å²) < 4.78 is 16.8. The molecule has 3 aromatic carbocycles. The summed E-state index contributed by atoms with van der Waals surface area (Å²) in [5.74, 6) is 1.29. The van der Waals surface area contributed by atoms with Crippen molar-refractivity contribution >= 4 is 28.9 Å². The first-order valence-corrected chi connectivity index (χ1v) is 12.0. The third-order valence-corrected chi connectivity index (χ3v) is 6.42. The third kappa shape index (κ3) is 5.39. The largest absolute Gasteiger partial charge is 0.493 e. The van der Waals surface area contributed by atoms with Crippen molar-refractivity contribution < 1.29 is 19.0 Å². The van der Waals surface area contributed by atoms with Crippen LogP contribution >= 0.6 is 11.6 Å². The molecule has 1 unspecified atom stereocenters. The minimum Gasteiger partial charge on any atom is -0.493 e. The molecule has 3 aromatic rings. The van der Waals surface area contributed by atoms with E-state index in [1.54, 1.807) is 14.2 Å². The monoisotopic (exact) mass is 494 g/mol. The second kappa shape index (κ2) is 11.0. The Bertz CT molecular complexity index is 1160. The van der Waals surface area contributed by atoms with Crippen LogP contribution in [0.4, 0.5) is 11.4 Å². The van der Waals surface area contributed by atoms with Crippen molar-refractivity contribution in [3.63, 3.8) is 0 Å². The van der Waals surface area contributed by atoms with E-state index >= 15 is 0 Å². The lowest BCUT2D eigenvalue weighted by molar-refractivity contribution is -0.118. The SMILES string of the molecule is COCCCOc1cc2c(cc1OC)CC(=O)N(c1ccc(N(C)C)cc1)C2c1ccc(Cl)cc1. The first-order chi connectivity index (χ1) is 16.9. The van der Waals surface area contributed by atoms with Gasteiger partial charge >= 0.3 is 0 Å². The maximum absolute atomic E-state index is 13.6. The molecule has 4 rings (SSSR count). The zero-order chi connectivity index (χ0) is 24.9. The molecule has 0 aliphatic carbocycles. The van der Waals surface area contributed by atoms with E-state index in [2.05, 4.69) is 0 Å². The minimum atomic E-state index is -0.332. The fourth-order valence-electron chi connectivity index (χ4n) is 4.39. The molecular weight excluding hydrogens is 464 g/mol. The van der Waals surface area contributed by atoms with Gasteiger partial charge in [-0.2, -0.15) is 0 Å². The Kier molecular flexibility index (Phi) is 7.83. The topological polar surface area (TPSA) is 51.2 Å². The number of benzene rings is 3. The first kappa shape index (κ1) is 24.9. The second-order valence-corrected chi connectivity index (χ2v) is 9.14. The Morgan fingerprint density at radius 1 is 0.971 bits per heavy atom. The molecule has 1 heterocycles. The smallest absolute Gasteiger partial charge is 0.232 e. The molecule has 0 spiro atoms. The highest BCUT2D eigenvalue weighted by Gasteiger charge is 2.36. The maximum Gasteiger partial charge on any atom is 0.232 e. The number of anilines is 2. The van der Waals surface area contributed by atoms with Crippen molar-refractivity contribution in [2.75, 3.05) is 51.3 Å². The lowest BCUT2D eigenvalue weighted by Crippen LogP contribution is -2.41. The Labute approximate surface area is 212 Å². The zero-order valence-electron chi connectivity index (χ0n) is 20.6. The number of rotatable bonds is 9. The average molecular weight is 495 g/mol. The Morgan fingerprint density at radius 2 is 1.69 bits per heavy atom. The van der Waals surface area contributed by atoms with Gasteiger partial charge in [-0.3, -0.25) is 4.79 Å². The van der Waals surface area contributed by atoms with Crippen LogP contribution in [0.25, 0.3) is 0 Å². The van der Waals surface area contributed by atoms with Gasteiger partial charge in [0, 0.05) is 50.6 Å². The number of nitrogens with zero attached hydrogens (tertiary/aromatic N) is 2. The molecule has 0 saturated heterocycles. The molecule has 1 aliphatic heterocycles. The molecule has 0 bridgehead atoms. The number of halogens is 1. The molecule has 6 nitrogen and oxygen atoms in total. The number of amides is 1. The third-order valence-electron chi connectivity index (χ3n) is 6.17. The molecule has 35 heavy (non-hydrogen) atoms. The van der Waals surface area contributed by atoms with E-state index < -0.39 is 0 Å². The summed E-state index contributed by atoms with van der Waals surface area (Å²) in [5, 5.41) is 0.648. The van der Waals surface area contributed by atoms with Crippen LogP contribution in [0.3, 0.4) is 0 Å². The summed E-state index contributed by atoms with van der Waals surface area (Å²) in [4.78, 5) is 17.5. The van der Waals surface area contributed by atoms with Crippen molar-refractivity contribution in [2.24, 2.45) is 0 Å². The predicted octanol–water partition coefficient (Wildman–Crippen LogP) is 5.51. The summed E-state index contributed by atoms with van der Waals surface area (Å²) in [6.07, 6.45) is 1.04. The summed E-state index contributed by atoms with van der Waals surface area (Å²) in [7, 11) is 7.28. The normalized spacial score (nSPS) is 15.1. The van der Waals surface area contributed by atoms with Gasteiger partial charge in [0.15, 0.2) is 11.5 Å². The highest BCUT2D eigenvalue weighted by Crippen LogP contribution is 2.43. The summed E-state index contributed by atoms with van der Waals surface area (Å²) in [6, 6.07) is 19.3. The number of hydrogen-bond donors (Lipinski definition) is 0. The Morgan fingerprint density at radius 3 is 2.31 bits per heavy atom. The van der Waals surface area contributed by atoms with E-state index in [4.69, 9.17) is 25.8 Å². The van der Waals surface area contributed by atoms with Crippen LogP contribution in [0, 0.1) is 0 Å². The molecule has 1 aliphatic rings. The maximum atomic E-state index is 13.6. The molecule has 0 radical (unpaired) electrons. The van der Waals surface area contributed by atoms with Gasteiger partial charge in [-0.1, -0.05) is 23.7 Å². The van der Waals surface area contributed by atoms with E-state index in [0.717, 1.165) is 34.5 Å². The van der Waals surface area contributed by atoms with Gasteiger partial charge in [-0.05, 0) is 65.2 Å². The van der Waals surface area contributed by atoms with E-state index in [-0.39, 0.29) is 18.4 Å². The summed E-state index contributed by atoms with van der Waals surface area (Å²) >= 11 is 6.20. The molecule has 0 fully saturated rings. The van der Waals surface area contributed by atoms with Crippen LogP contribution in [0.2, 0.25) is 5.02 Å². The lowest BCUT2D eigenvalue weighted by Gasteiger charge is -2.38. The highest BCUT2D eigenvalue weighted by atomic mass is 35.5. The van der Waals surface area contributed by atoms with E-state index in [0.29, 0.717) is 29.7 Å². The summed E-state index contributed by atoms with van der Waals surface area (Å²) in [5.41, 5.74) is 4.81. The van der Waals surface area contributed by atoms with Crippen LogP contribution in [-0.2, 0) is 16.0 Å². The van der Waals surface area contributed by atoms with Crippen LogP contribution in [0.15, 0.2) is 60.7 Å². The number of ether oxygens (including phenoxy) is 3. The molecule has 1 amide bonds. The predicted molar refractivity (Wildman–Crippen MR) is 140 cm³/mol. The van der Waals surface area contributed by atoms with Crippen molar-refractivity contribution in [3.8, 4) is 11.5 Å². The van der Waals surface area contributed by atoms with E-state index in [9.17, 15) is 4.79 Å². The Hall–Kier alpha value is -3.22. The number of carbonyl (C=O) groups excluding carboxylic acids is 1. The van der Waals surface area contributed by atoms with Crippen LogP contribution in [0.5, 0.6) is 11.5 Å². The van der Waals surface area contributed by atoms with Crippen molar-refractivity contribution in [2.45, 2.75) is 18.9 Å². The van der Waals surface area contributed by atoms with E-state index in [1.807, 2.05) is 84.6 Å². The molecule has 7 heteroatoms. The molecule has 0 saturated carbocycles. The minimum absolute atomic E-state index is 0.0193. The highest BCUT2D eigenvalue weighted by molar-refractivity contribution is 6.30. The van der Waals surface area contributed by atoms with Gasteiger partial charge < -0.3 is 24.0 Å². The fourth-order valence-corrected chi connectivity index (χ4v) is 4.52. The average Bonchev–Trinajstić information content (AvgIpc) is 2.86.